The maximum Gasteiger partial charge on any atom is 0.253 e. The lowest BCUT2D eigenvalue weighted by Crippen LogP contribution is -2.28. The maximum atomic E-state index is 12.9. The number of carbonyl (C=O) groups excluding carboxylic acids is 1. The molecule has 6 heteroatoms. The molecule has 0 bridgehead atoms. The number of thiazole rings is 1. The summed E-state index contributed by atoms with van der Waals surface area (Å²) in [6.07, 6.45) is 2.42. The van der Waals surface area contributed by atoms with Gasteiger partial charge < -0.3 is 11.1 Å². The summed E-state index contributed by atoms with van der Waals surface area (Å²) >= 11 is 1.48. The van der Waals surface area contributed by atoms with Crippen LogP contribution in [-0.4, -0.2) is 10.9 Å². The number of nitrogens with two attached hydrogens (primary N) is 1. The zero-order chi connectivity index (χ0) is 13.8. The number of nitrogens with one attached hydrogen (secondary N) is 1. The molecule has 1 aromatic heterocycles. The van der Waals surface area contributed by atoms with Crippen molar-refractivity contribution in [3.63, 3.8) is 0 Å². The number of nitrogen functional groups attached to an aromatic ring is 1. The summed E-state index contributed by atoms with van der Waals surface area (Å²) in [5.74, 6) is -0.777. The van der Waals surface area contributed by atoms with Gasteiger partial charge in [-0.15, -0.1) is 11.3 Å². The summed E-state index contributed by atoms with van der Waals surface area (Å²) in [7, 11) is 0. The van der Waals surface area contributed by atoms with Crippen molar-refractivity contribution in [3.8, 4) is 0 Å². The highest BCUT2D eigenvalue weighted by molar-refractivity contribution is 7.09. The Morgan fingerprint density at radius 3 is 2.95 bits per heavy atom. The third-order valence-corrected chi connectivity index (χ3v) is 3.61. The van der Waals surface area contributed by atoms with E-state index in [4.69, 9.17) is 5.73 Å². The lowest BCUT2D eigenvalue weighted by molar-refractivity contribution is 0.0936. The Hall–Kier alpha value is -1.95. The highest BCUT2D eigenvalue weighted by Crippen LogP contribution is 2.20. The van der Waals surface area contributed by atoms with Crippen LogP contribution in [0.15, 0.2) is 29.8 Å². The smallest absolute Gasteiger partial charge is 0.253 e. The van der Waals surface area contributed by atoms with Crippen molar-refractivity contribution in [1.29, 1.82) is 0 Å². The molecular weight excluding hydrogens is 265 g/mol. The third kappa shape index (κ3) is 3.08. The number of benzene rings is 1. The zero-order valence-electron chi connectivity index (χ0n) is 10.4. The minimum atomic E-state index is -0.457. The van der Waals surface area contributed by atoms with Gasteiger partial charge in [-0.1, -0.05) is 6.92 Å². The van der Waals surface area contributed by atoms with Gasteiger partial charge in [0.2, 0.25) is 0 Å². The van der Waals surface area contributed by atoms with Crippen molar-refractivity contribution in [2.24, 2.45) is 0 Å². The molecule has 19 heavy (non-hydrogen) atoms. The van der Waals surface area contributed by atoms with E-state index in [0.717, 1.165) is 17.5 Å². The average molecular weight is 279 g/mol. The molecule has 1 amide bonds. The highest BCUT2D eigenvalue weighted by Gasteiger charge is 2.17. The Labute approximate surface area is 114 Å². The van der Waals surface area contributed by atoms with Crippen LogP contribution in [0.2, 0.25) is 0 Å². The number of amides is 1. The molecule has 0 saturated carbocycles. The maximum absolute atomic E-state index is 12.9. The molecule has 0 radical (unpaired) electrons. The van der Waals surface area contributed by atoms with Crippen molar-refractivity contribution in [2.45, 2.75) is 19.4 Å². The number of anilines is 1. The standard InChI is InChI=1S/C13H14FN3OS/c1-2-11(13-16-5-6-19-13)17-12(18)9-4-3-8(14)7-10(9)15/h3-7,11H,2,15H2,1H3,(H,17,18). The quantitative estimate of drug-likeness (QED) is 0.846. The predicted octanol–water partition coefficient (Wildman–Crippen LogP) is 2.75. The van der Waals surface area contributed by atoms with E-state index in [1.807, 2.05) is 12.3 Å². The lowest BCUT2D eigenvalue weighted by Gasteiger charge is -2.15. The zero-order valence-corrected chi connectivity index (χ0v) is 11.2. The Morgan fingerprint density at radius 1 is 1.58 bits per heavy atom. The lowest BCUT2D eigenvalue weighted by atomic mass is 10.1. The normalized spacial score (nSPS) is 12.1. The topological polar surface area (TPSA) is 68.0 Å². The number of aromatic nitrogens is 1. The van der Waals surface area contributed by atoms with E-state index in [1.165, 1.54) is 23.5 Å². The molecule has 100 valence electrons. The molecule has 1 unspecified atom stereocenters. The SMILES string of the molecule is CCC(NC(=O)c1ccc(F)cc1N)c1nccs1. The molecule has 2 rings (SSSR count). The molecule has 0 fully saturated rings. The van der Waals surface area contributed by atoms with Gasteiger partial charge in [0.05, 0.1) is 11.6 Å². The fraction of sp³-hybridized carbons (Fsp3) is 0.231. The van der Waals surface area contributed by atoms with Gasteiger partial charge in [-0.3, -0.25) is 4.79 Å². The van der Waals surface area contributed by atoms with Crippen molar-refractivity contribution < 1.29 is 9.18 Å². The number of hydrogen-bond donors (Lipinski definition) is 2. The van der Waals surface area contributed by atoms with E-state index in [9.17, 15) is 9.18 Å². The van der Waals surface area contributed by atoms with Gasteiger partial charge in [0.1, 0.15) is 10.8 Å². The fourth-order valence-electron chi connectivity index (χ4n) is 1.72. The Morgan fingerprint density at radius 2 is 2.37 bits per heavy atom. The van der Waals surface area contributed by atoms with Gasteiger partial charge in [-0.05, 0) is 24.6 Å². The number of halogens is 1. The summed E-state index contributed by atoms with van der Waals surface area (Å²) in [5.41, 5.74) is 6.05. The van der Waals surface area contributed by atoms with Gasteiger partial charge in [0, 0.05) is 17.3 Å². The average Bonchev–Trinajstić information content (AvgIpc) is 2.89. The molecular formula is C13H14FN3OS. The summed E-state index contributed by atoms with van der Waals surface area (Å²) in [6.45, 7) is 1.96. The van der Waals surface area contributed by atoms with Crippen LogP contribution in [0.3, 0.4) is 0 Å². The monoisotopic (exact) mass is 279 g/mol. The second kappa shape index (κ2) is 5.79. The van der Waals surface area contributed by atoms with Crippen LogP contribution in [-0.2, 0) is 0 Å². The highest BCUT2D eigenvalue weighted by atomic mass is 32.1. The van der Waals surface area contributed by atoms with Crippen LogP contribution in [0, 0.1) is 5.82 Å². The minimum Gasteiger partial charge on any atom is -0.398 e. The van der Waals surface area contributed by atoms with Crippen LogP contribution in [0.1, 0.15) is 34.8 Å². The molecule has 0 spiro atoms. The number of hydrogen-bond acceptors (Lipinski definition) is 4. The molecule has 2 aromatic rings. The van der Waals surface area contributed by atoms with Crippen LogP contribution < -0.4 is 11.1 Å². The summed E-state index contributed by atoms with van der Waals surface area (Å²) < 4.78 is 12.9. The van der Waals surface area contributed by atoms with E-state index in [-0.39, 0.29) is 23.2 Å². The van der Waals surface area contributed by atoms with Crippen LogP contribution in [0.25, 0.3) is 0 Å². The molecule has 0 saturated heterocycles. The molecule has 0 aliphatic rings. The molecule has 1 heterocycles. The van der Waals surface area contributed by atoms with Gasteiger partial charge in [0.25, 0.3) is 5.91 Å². The largest absolute Gasteiger partial charge is 0.398 e. The Bertz CT molecular complexity index is 571. The summed E-state index contributed by atoms with van der Waals surface area (Å²) in [4.78, 5) is 16.3. The number of nitrogens with zero attached hydrogens (tertiary/aromatic N) is 1. The summed E-state index contributed by atoms with van der Waals surface area (Å²) in [5, 5.41) is 5.55. The molecule has 0 aliphatic carbocycles. The van der Waals surface area contributed by atoms with E-state index < -0.39 is 5.82 Å². The summed E-state index contributed by atoms with van der Waals surface area (Å²) in [6, 6.07) is 3.58. The van der Waals surface area contributed by atoms with E-state index >= 15 is 0 Å². The first-order valence-corrected chi connectivity index (χ1v) is 6.75. The van der Waals surface area contributed by atoms with Gasteiger partial charge in [-0.25, -0.2) is 9.37 Å². The van der Waals surface area contributed by atoms with E-state index in [2.05, 4.69) is 10.3 Å². The van der Waals surface area contributed by atoms with E-state index in [1.54, 1.807) is 6.20 Å². The molecule has 1 aromatic carbocycles. The van der Waals surface area contributed by atoms with Gasteiger partial charge in [-0.2, -0.15) is 0 Å². The van der Waals surface area contributed by atoms with Crippen molar-refractivity contribution in [2.75, 3.05) is 5.73 Å². The van der Waals surface area contributed by atoms with Gasteiger partial charge >= 0.3 is 0 Å². The van der Waals surface area contributed by atoms with Crippen molar-refractivity contribution in [3.05, 3.63) is 46.2 Å². The Kier molecular flexibility index (Phi) is 4.11. The molecule has 0 aliphatic heterocycles. The first-order valence-electron chi connectivity index (χ1n) is 5.87. The second-order valence-electron chi connectivity index (χ2n) is 4.04. The molecule has 3 N–H and O–H groups in total. The fourth-order valence-corrected chi connectivity index (χ4v) is 2.49. The minimum absolute atomic E-state index is 0.131. The first-order chi connectivity index (χ1) is 9.11. The third-order valence-electron chi connectivity index (χ3n) is 2.72. The van der Waals surface area contributed by atoms with E-state index in [0.29, 0.717) is 0 Å². The van der Waals surface area contributed by atoms with Crippen LogP contribution in [0.4, 0.5) is 10.1 Å². The number of rotatable bonds is 4. The molecule has 1 atom stereocenters. The van der Waals surface area contributed by atoms with Crippen molar-refractivity contribution >= 4 is 22.9 Å². The van der Waals surface area contributed by atoms with Gasteiger partial charge in [0.15, 0.2) is 0 Å². The first kappa shape index (κ1) is 13.5. The van der Waals surface area contributed by atoms with Crippen molar-refractivity contribution in [1.82, 2.24) is 10.3 Å². The van der Waals surface area contributed by atoms with Crippen LogP contribution >= 0.6 is 11.3 Å². The molecule has 4 nitrogen and oxygen atoms in total. The van der Waals surface area contributed by atoms with Crippen LogP contribution in [0.5, 0.6) is 0 Å². The second-order valence-corrected chi connectivity index (χ2v) is 4.96. The number of carbonyl (C=O) groups is 1. The predicted molar refractivity (Wildman–Crippen MR) is 73.4 cm³/mol. The Balaban J connectivity index is 2.16.